The van der Waals surface area contributed by atoms with Gasteiger partial charge in [0, 0.05) is 12.1 Å². The SMILES string of the molecule is CCC[C@H](C)CNCc1ccccc1F. The van der Waals surface area contributed by atoms with E-state index in [1.54, 1.807) is 6.07 Å². The van der Waals surface area contributed by atoms with Crippen LogP contribution in [0.2, 0.25) is 0 Å². The fourth-order valence-corrected chi connectivity index (χ4v) is 1.69. The van der Waals surface area contributed by atoms with Gasteiger partial charge in [0.25, 0.3) is 0 Å². The van der Waals surface area contributed by atoms with Crippen LogP contribution < -0.4 is 5.32 Å². The summed E-state index contributed by atoms with van der Waals surface area (Å²) in [4.78, 5) is 0. The van der Waals surface area contributed by atoms with E-state index in [0.29, 0.717) is 12.5 Å². The zero-order chi connectivity index (χ0) is 11.1. The molecule has 0 heterocycles. The van der Waals surface area contributed by atoms with Crippen molar-refractivity contribution in [1.29, 1.82) is 0 Å². The molecule has 0 aromatic heterocycles. The second kappa shape index (κ2) is 6.57. The van der Waals surface area contributed by atoms with Gasteiger partial charge in [0.15, 0.2) is 0 Å². The van der Waals surface area contributed by atoms with Crippen molar-refractivity contribution >= 4 is 0 Å². The summed E-state index contributed by atoms with van der Waals surface area (Å²) in [5.41, 5.74) is 0.751. The molecule has 1 N–H and O–H groups in total. The summed E-state index contributed by atoms with van der Waals surface area (Å²) in [5.74, 6) is 0.551. The van der Waals surface area contributed by atoms with Gasteiger partial charge in [0.2, 0.25) is 0 Å². The largest absolute Gasteiger partial charge is 0.312 e. The maximum absolute atomic E-state index is 13.2. The molecule has 1 aromatic carbocycles. The van der Waals surface area contributed by atoms with Crippen molar-refractivity contribution in [3.05, 3.63) is 35.6 Å². The van der Waals surface area contributed by atoms with Crippen LogP contribution in [-0.4, -0.2) is 6.54 Å². The molecule has 0 spiro atoms. The number of benzene rings is 1. The number of nitrogens with one attached hydrogen (secondary N) is 1. The minimum absolute atomic E-state index is 0.117. The van der Waals surface area contributed by atoms with E-state index in [4.69, 9.17) is 0 Å². The Morgan fingerprint density at radius 2 is 2.07 bits per heavy atom. The number of halogens is 1. The Balaban J connectivity index is 2.29. The lowest BCUT2D eigenvalue weighted by atomic mass is 10.1. The zero-order valence-electron chi connectivity index (χ0n) is 9.59. The summed E-state index contributed by atoms with van der Waals surface area (Å²) in [7, 11) is 0. The predicted octanol–water partition coefficient (Wildman–Crippen LogP) is 3.35. The summed E-state index contributed by atoms with van der Waals surface area (Å²) in [6.45, 7) is 5.99. The van der Waals surface area contributed by atoms with E-state index in [9.17, 15) is 4.39 Å². The van der Waals surface area contributed by atoms with Gasteiger partial charge in [0.05, 0.1) is 0 Å². The van der Waals surface area contributed by atoms with Gasteiger partial charge in [-0.2, -0.15) is 0 Å². The minimum Gasteiger partial charge on any atom is -0.312 e. The molecule has 84 valence electrons. The van der Waals surface area contributed by atoms with Crippen LogP contribution in [0.25, 0.3) is 0 Å². The van der Waals surface area contributed by atoms with Crippen molar-refractivity contribution < 1.29 is 4.39 Å². The summed E-state index contributed by atoms with van der Waals surface area (Å²) >= 11 is 0. The molecule has 0 amide bonds. The first-order valence-corrected chi connectivity index (χ1v) is 5.68. The van der Waals surface area contributed by atoms with Crippen LogP contribution in [0.15, 0.2) is 24.3 Å². The lowest BCUT2D eigenvalue weighted by Gasteiger charge is -2.11. The van der Waals surface area contributed by atoms with E-state index in [0.717, 1.165) is 12.1 Å². The minimum atomic E-state index is -0.117. The summed E-state index contributed by atoms with van der Waals surface area (Å²) in [6, 6.07) is 6.92. The van der Waals surface area contributed by atoms with Crippen LogP contribution in [0.1, 0.15) is 32.3 Å². The van der Waals surface area contributed by atoms with E-state index < -0.39 is 0 Å². The Morgan fingerprint density at radius 3 is 2.73 bits per heavy atom. The molecule has 1 rings (SSSR count). The Kier molecular flexibility index (Phi) is 5.33. The smallest absolute Gasteiger partial charge is 0.127 e. The Morgan fingerprint density at radius 1 is 1.33 bits per heavy atom. The Bertz CT molecular complexity index is 286. The molecule has 0 radical (unpaired) electrons. The lowest BCUT2D eigenvalue weighted by molar-refractivity contribution is 0.471. The average Bonchev–Trinajstić information content (AvgIpc) is 2.21. The van der Waals surface area contributed by atoms with Crippen LogP contribution in [0, 0.1) is 11.7 Å². The van der Waals surface area contributed by atoms with Gasteiger partial charge in [-0.05, 0) is 24.9 Å². The van der Waals surface area contributed by atoms with E-state index in [-0.39, 0.29) is 5.82 Å². The van der Waals surface area contributed by atoms with Crippen LogP contribution in [0.3, 0.4) is 0 Å². The van der Waals surface area contributed by atoms with Gasteiger partial charge in [-0.3, -0.25) is 0 Å². The standard InChI is InChI=1S/C13H20FN/c1-3-6-11(2)9-15-10-12-7-4-5-8-13(12)14/h4-5,7-8,11,15H,3,6,9-10H2,1-2H3/t11-/m0/s1. The molecular formula is C13H20FN. The fourth-order valence-electron chi connectivity index (χ4n) is 1.69. The second-order valence-corrected chi connectivity index (χ2v) is 4.12. The first kappa shape index (κ1) is 12.2. The van der Waals surface area contributed by atoms with Gasteiger partial charge in [-0.1, -0.05) is 38.5 Å². The van der Waals surface area contributed by atoms with Gasteiger partial charge in [-0.25, -0.2) is 4.39 Å². The topological polar surface area (TPSA) is 12.0 Å². The fraction of sp³-hybridized carbons (Fsp3) is 0.538. The normalized spacial score (nSPS) is 12.7. The molecule has 0 bridgehead atoms. The molecule has 0 aliphatic carbocycles. The zero-order valence-corrected chi connectivity index (χ0v) is 9.59. The van der Waals surface area contributed by atoms with E-state index in [1.165, 1.54) is 18.9 Å². The van der Waals surface area contributed by atoms with Crippen LogP contribution >= 0.6 is 0 Å². The van der Waals surface area contributed by atoms with E-state index >= 15 is 0 Å². The summed E-state index contributed by atoms with van der Waals surface area (Å²) in [5, 5.41) is 3.29. The maximum atomic E-state index is 13.2. The Hall–Kier alpha value is -0.890. The first-order chi connectivity index (χ1) is 7.24. The highest BCUT2D eigenvalue weighted by atomic mass is 19.1. The van der Waals surface area contributed by atoms with Gasteiger partial charge >= 0.3 is 0 Å². The van der Waals surface area contributed by atoms with Crippen molar-refractivity contribution in [3.63, 3.8) is 0 Å². The van der Waals surface area contributed by atoms with Crippen LogP contribution in [0.5, 0.6) is 0 Å². The molecule has 0 aliphatic heterocycles. The predicted molar refractivity (Wildman–Crippen MR) is 62.2 cm³/mol. The average molecular weight is 209 g/mol. The highest BCUT2D eigenvalue weighted by Gasteiger charge is 2.02. The molecule has 0 saturated heterocycles. The second-order valence-electron chi connectivity index (χ2n) is 4.12. The third-order valence-corrected chi connectivity index (χ3v) is 2.55. The van der Waals surface area contributed by atoms with Crippen LogP contribution in [0.4, 0.5) is 4.39 Å². The van der Waals surface area contributed by atoms with E-state index in [1.807, 2.05) is 12.1 Å². The molecule has 0 fully saturated rings. The summed E-state index contributed by atoms with van der Waals surface area (Å²) in [6.07, 6.45) is 2.44. The molecule has 0 aliphatic rings. The molecular weight excluding hydrogens is 189 g/mol. The number of hydrogen-bond acceptors (Lipinski definition) is 1. The summed E-state index contributed by atoms with van der Waals surface area (Å²) < 4.78 is 13.2. The highest BCUT2D eigenvalue weighted by molar-refractivity contribution is 5.16. The van der Waals surface area contributed by atoms with Gasteiger partial charge in [0.1, 0.15) is 5.82 Å². The van der Waals surface area contributed by atoms with Crippen molar-refractivity contribution in [2.45, 2.75) is 33.2 Å². The molecule has 1 nitrogen and oxygen atoms in total. The molecule has 0 saturated carbocycles. The quantitative estimate of drug-likeness (QED) is 0.757. The van der Waals surface area contributed by atoms with Crippen molar-refractivity contribution in [1.82, 2.24) is 5.32 Å². The van der Waals surface area contributed by atoms with Gasteiger partial charge < -0.3 is 5.32 Å². The highest BCUT2D eigenvalue weighted by Crippen LogP contribution is 2.07. The monoisotopic (exact) mass is 209 g/mol. The number of rotatable bonds is 6. The van der Waals surface area contributed by atoms with Crippen molar-refractivity contribution in [2.24, 2.45) is 5.92 Å². The van der Waals surface area contributed by atoms with Crippen molar-refractivity contribution in [3.8, 4) is 0 Å². The number of hydrogen-bond donors (Lipinski definition) is 1. The van der Waals surface area contributed by atoms with Crippen molar-refractivity contribution in [2.75, 3.05) is 6.54 Å². The maximum Gasteiger partial charge on any atom is 0.127 e. The molecule has 1 aromatic rings. The molecule has 2 heteroatoms. The molecule has 15 heavy (non-hydrogen) atoms. The third-order valence-electron chi connectivity index (χ3n) is 2.55. The lowest BCUT2D eigenvalue weighted by Crippen LogP contribution is -2.21. The third kappa shape index (κ3) is 4.43. The Labute approximate surface area is 91.7 Å². The first-order valence-electron chi connectivity index (χ1n) is 5.68. The molecule has 0 unspecified atom stereocenters. The van der Waals surface area contributed by atoms with Gasteiger partial charge in [-0.15, -0.1) is 0 Å². The van der Waals surface area contributed by atoms with E-state index in [2.05, 4.69) is 19.2 Å². The van der Waals surface area contributed by atoms with Crippen LogP contribution in [-0.2, 0) is 6.54 Å². The molecule has 1 atom stereocenters.